The second-order valence-electron chi connectivity index (χ2n) is 4.97. The first-order chi connectivity index (χ1) is 11.0. The average Bonchev–Trinajstić information content (AvgIpc) is 2.77. The molecule has 0 spiro atoms. The number of ether oxygens (including phenoxy) is 1. The molecule has 0 aromatic heterocycles. The van der Waals surface area contributed by atoms with Gasteiger partial charge in [-0.3, -0.25) is 9.69 Å². The van der Waals surface area contributed by atoms with E-state index in [0.717, 1.165) is 18.4 Å². The van der Waals surface area contributed by atoms with Crippen molar-refractivity contribution in [3.8, 4) is 11.5 Å². The average molecular weight is 416 g/mol. The zero-order chi connectivity index (χ0) is 17.0. The van der Waals surface area contributed by atoms with Crippen molar-refractivity contribution in [1.29, 1.82) is 0 Å². The van der Waals surface area contributed by atoms with Crippen LogP contribution in [0.4, 0.5) is 0 Å². The van der Waals surface area contributed by atoms with E-state index in [-0.39, 0.29) is 11.7 Å². The van der Waals surface area contributed by atoms with Crippen LogP contribution in [-0.2, 0) is 4.79 Å². The Kier molecular flexibility index (Phi) is 6.50. The minimum atomic E-state index is -0.0596. The van der Waals surface area contributed by atoms with E-state index in [2.05, 4.69) is 22.9 Å². The number of hydrogen-bond acceptors (Lipinski definition) is 5. The summed E-state index contributed by atoms with van der Waals surface area (Å²) < 4.78 is 6.53. The van der Waals surface area contributed by atoms with Gasteiger partial charge in [0.2, 0.25) is 0 Å². The summed E-state index contributed by atoms with van der Waals surface area (Å²) in [5.41, 5.74) is 0.772. The van der Waals surface area contributed by atoms with Crippen molar-refractivity contribution in [3.05, 3.63) is 27.1 Å². The number of halogens is 1. The Morgan fingerprint density at radius 2 is 2.17 bits per heavy atom. The summed E-state index contributed by atoms with van der Waals surface area (Å²) in [6.45, 7) is 5.03. The third-order valence-electron chi connectivity index (χ3n) is 3.26. The Balaban J connectivity index is 2.28. The number of carbonyl (C=O) groups excluding carboxylic acids is 1. The van der Waals surface area contributed by atoms with E-state index in [9.17, 15) is 9.90 Å². The van der Waals surface area contributed by atoms with Crippen molar-refractivity contribution in [2.45, 2.75) is 26.7 Å². The van der Waals surface area contributed by atoms with Crippen molar-refractivity contribution >= 4 is 56.2 Å². The molecule has 0 radical (unpaired) electrons. The fourth-order valence-electron chi connectivity index (χ4n) is 2.10. The minimum Gasteiger partial charge on any atom is -0.503 e. The van der Waals surface area contributed by atoms with E-state index in [1.165, 1.54) is 11.8 Å². The van der Waals surface area contributed by atoms with Crippen molar-refractivity contribution in [1.82, 2.24) is 4.90 Å². The second-order valence-corrected chi connectivity index (χ2v) is 7.50. The van der Waals surface area contributed by atoms with E-state index in [1.807, 2.05) is 6.92 Å². The first-order valence-electron chi connectivity index (χ1n) is 7.38. The molecular weight excluding hydrogens is 398 g/mol. The summed E-state index contributed by atoms with van der Waals surface area (Å²) in [4.78, 5) is 14.7. The smallest absolute Gasteiger partial charge is 0.266 e. The molecular formula is C16H18BrNO3S2. The molecule has 1 aliphatic rings. The zero-order valence-electron chi connectivity index (χ0n) is 13.0. The topological polar surface area (TPSA) is 49.8 Å². The van der Waals surface area contributed by atoms with E-state index >= 15 is 0 Å². The highest BCUT2D eigenvalue weighted by Crippen LogP contribution is 2.38. The van der Waals surface area contributed by atoms with Crippen molar-refractivity contribution in [3.63, 3.8) is 0 Å². The van der Waals surface area contributed by atoms with Gasteiger partial charge in [-0.1, -0.05) is 37.3 Å². The number of phenolic OH excluding ortho intramolecular Hbond substituents is 1. The first-order valence-corrected chi connectivity index (χ1v) is 9.40. The maximum Gasteiger partial charge on any atom is 0.266 e. The number of rotatable bonds is 6. The molecule has 23 heavy (non-hydrogen) atoms. The molecule has 1 N–H and O–H groups in total. The third-order valence-corrected chi connectivity index (χ3v) is 5.24. The van der Waals surface area contributed by atoms with Crippen molar-refractivity contribution < 1.29 is 14.6 Å². The van der Waals surface area contributed by atoms with Gasteiger partial charge in [-0.25, -0.2) is 0 Å². The summed E-state index contributed by atoms with van der Waals surface area (Å²) in [6.07, 6.45) is 3.72. The largest absolute Gasteiger partial charge is 0.503 e. The van der Waals surface area contributed by atoms with Gasteiger partial charge in [-0.15, -0.1) is 0 Å². The number of carbonyl (C=O) groups is 1. The number of phenols is 1. The molecule has 1 aromatic rings. The van der Waals surface area contributed by atoms with Gasteiger partial charge in [0.05, 0.1) is 16.0 Å². The Bertz CT molecular complexity index is 661. The summed E-state index contributed by atoms with van der Waals surface area (Å²) >= 11 is 9.90. The quantitative estimate of drug-likeness (QED) is 0.545. The predicted molar refractivity (Wildman–Crippen MR) is 102 cm³/mol. The van der Waals surface area contributed by atoms with Gasteiger partial charge in [-0.05, 0) is 53.0 Å². The number of aromatic hydroxyl groups is 1. The Morgan fingerprint density at radius 3 is 2.83 bits per heavy atom. The van der Waals surface area contributed by atoms with Crippen LogP contribution in [0.15, 0.2) is 21.5 Å². The lowest BCUT2D eigenvalue weighted by Gasteiger charge is -2.13. The highest BCUT2D eigenvalue weighted by Gasteiger charge is 2.31. The monoisotopic (exact) mass is 415 g/mol. The molecule has 1 heterocycles. The molecule has 0 aliphatic carbocycles. The Hall–Kier alpha value is -1.05. The van der Waals surface area contributed by atoms with Crippen LogP contribution in [0.3, 0.4) is 0 Å². The molecule has 0 atom stereocenters. The molecule has 1 aliphatic heterocycles. The predicted octanol–water partition coefficient (Wildman–Crippen LogP) is 4.55. The lowest BCUT2D eigenvalue weighted by molar-refractivity contribution is -0.122. The van der Waals surface area contributed by atoms with E-state index in [4.69, 9.17) is 17.0 Å². The zero-order valence-corrected chi connectivity index (χ0v) is 16.2. The molecule has 4 nitrogen and oxygen atoms in total. The Morgan fingerprint density at radius 1 is 1.43 bits per heavy atom. The van der Waals surface area contributed by atoms with Crippen LogP contribution < -0.4 is 4.74 Å². The van der Waals surface area contributed by atoms with Gasteiger partial charge in [-0.2, -0.15) is 0 Å². The van der Waals surface area contributed by atoms with Crippen LogP contribution in [0.5, 0.6) is 11.5 Å². The van der Waals surface area contributed by atoms with Gasteiger partial charge in [0.25, 0.3) is 5.91 Å². The van der Waals surface area contributed by atoms with E-state index < -0.39 is 0 Å². The Labute approximate surface area is 154 Å². The van der Waals surface area contributed by atoms with Crippen LogP contribution in [0.25, 0.3) is 6.08 Å². The van der Waals surface area contributed by atoms with Crippen LogP contribution in [-0.4, -0.2) is 33.4 Å². The number of hydrogen-bond donors (Lipinski definition) is 1. The number of amides is 1. The van der Waals surface area contributed by atoms with Gasteiger partial charge in [0.1, 0.15) is 4.32 Å². The highest BCUT2D eigenvalue weighted by molar-refractivity contribution is 9.10. The molecule has 0 unspecified atom stereocenters. The highest BCUT2D eigenvalue weighted by atomic mass is 79.9. The minimum absolute atomic E-state index is 0.0551. The fraction of sp³-hybridized carbons (Fsp3) is 0.375. The number of benzene rings is 1. The lowest BCUT2D eigenvalue weighted by Crippen LogP contribution is -2.28. The van der Waals surface area contributed by atoms with Gasteiger partial charge in [0.15, 0.2) is 11.5 Å². The number of thioether (sulfide) groups is 1. The van der Waals surface area contributed by atoms with Crippen LogP contribution >= 0.6 is 39.9 Å². The van der Waals surface area contributed by atoms with Crippen molar-refractivity contribution in [2.24, 2.45) is 0 Å². The van der Waals surface area contributed by atoms with E-state index in [1.54, 1.807) is 23.1 Å². The van der Waals surface area contributed by atoms with Crippen LogP contribution in [0.1, 0.15) is 32.3 Å². The maximum atomic E-state index is 12.4. The SMILES string of the molecule is CCCCN1C(=O)/C(=C\c2cc(Br)c(O)c(OCC)c2)SC1=S. The summed E-state index contributed by atoms with van der Waals surface area (Å²) in [7, 11) is 0. The molecule has 1 aromatic carbocycles. The number of unbranched alkanes of at least 4 members (excludes halogenated alkanes) is 1. The fourth-order valence-corrected chi connectivity index (χ4v) is 3.87. The molecule has 0 bridgehead atoms. The number of thiocarbonyl (C=S) groups is 1. The molecule has 1 fully saturated rings. The van der Waals surface area contributed by atoms with E-state index in [0.29, 0.717) is 32.6 Å². The second kappa shape index (κ2) is 8.17. The standard InChI is InChI=1S/C16H18BrNO3S2/c1-3-5-6-18-15(20)13(23-16(18)22)9-10-7-11(17)14(19)12(8-10)21-4-2/h7-9,19H,3-6H2,1-2H3/b13-9+. The molecule has 124 valence electrons. The lowest BCUT2D eigenvalue weighted by atomic mass is 10.2. The summed E-state index contributed by atoms with van der Waals surface area (Å²) in [6, 6.07) is 3.46. The van der Waals surface area contributed by atoms with Crippen molar-refractivity contribution in [2.75, 3.05) is 13.2 Å². The summed E-state index contributed by atoms with van der Waals surface area (Å²) in [5, 5.41) is 9.95. The van der Waals surface area contributed by atoms with Gasteiger partial charge in [0, 0.05) is 6.54 Å². The van der Waals surface area contributed by atoms with Crippen LogP contribution in [0, 0.1) is 0 Å². The normalized spacial score (nSPS) is 16.5. The molecule has 7 heteroatoms. The van der Waals surface area contributed by atoms with Gasteiger partial charge >= 0.3 is 0 Å². The maximum absolute atomic E-state index is 12.4. The number of nitrogens with zero attached hydrogens (tertiary/aromatic N) is 1. The molecule has 1 saturated heterocycles. The molecule has 1 amide bonds. The first kappa shape index (κ1) is 18.3. The molecule has 2 rings (SSSR count). The summed E-state index contributed by atoms with van der Waals surface area (Å²) in [5.74, 6) is 0.379. The third kappa shape index (κ3) is 4.28. The molecule has 0 saturated carbocycles. The van der Waals surface area contributed by atoms with Crippen LogP contribution in [0.2, 0.25) is 0 Å². The van der Waals surface area contributed by atoms with Gasteiger partial charge < -0.3 is 9.84 Å².